The van der Waals surface area contributed by atoms with Gasteiger partial charge >= 0.3 is 0 Å². The van der Waals surface area contributed by atoms with E-state index in [0.717, 1.165) is 31.3 Å². The van der Waals surface area contributed by atoms with Gasteiger partial charge in [0.15, 0.2) is 9.84 Å². The molecule has 116 valence electrons. The highest BCUT2D eigenvalue weighted by atomic mass is 32.2. The van der Waals surface area contributed by atoms with E-state index in [1.54, 1.807) is 6.33 Å². The summed E-state index contributed by atoms with van der Waals surface area (Å²) >= 11 is 0. The molecule has 0 saturated carbocycles. The van der Waals surface area contributed by atoms with Crippen LogP contribution < -0.4 is 9.80 Å². The predicted octanol–water partition coefficient (Wildman–Crippen LogP) is 0.948. The van der Waals surface area contributed by atoms with Crippen LogP contribution in [0, 0.1) is 5.92 Å². The van der Waals surface area contributed by atoms with E-state index >= 15 is 0 Å². The maximum absolute atomic E-state index is 11.9. The minimum atomic E-state index is -2.93. The lowest BCUT2D eigenvalue weighted by Crippen LogP contribution is -2.30. The third-order valence-electron chi connectivity index (χ3n) is 4.13. The van der Waals surface area contributed by atoms with Crippen molar-refractivity contribution in [1.82, 2.24) is 9.97 Å². The summed E-state index contributed by atoms with van der Waals surface area (Å²) in [4.78, 5) is 13.1. The van der Waals surface area contributed by atoms with E-state index in [0.29, 0.717) is 6.54 Å². The fourth-order valence-electron chi connectivity index (χ4n) is 3.12. The number of anilines is 2. The van der Waals surface area contributed by atoms with Crippen molar-refractivity contribution in [3.63, 3.8) is 0 Å². The smallest absolute Gasteiger partial charge is 0.152 e. The molecule has 2 saturated heterocycles. The van der Waals surface area contributed by atoms with Crippen molar-refractivity contribution in [1.29, 1.82) is 0 Å². The van der Waals surface area contributed by atoms with Crippen molar-refractivity contribution in [2.24, 2.45) is 5.92 Å². The summed E-state index contributed by atoms with van der Waals surface area (Å²) in [6, 6.07) is 2.00. The molecule has 2 aliphatic heterocycles. The normalized spacial score (nSPS) is 25.9. The van der Waals surface area contributed by atoms with Gasteiger partial charge in [0.1, 0.15) is 18.0 Å². The van der Waals surface area contributed by atoms with Crippen LogP contribution in [0.15, 0.2) is 12.4 Å². The lowest BCUT2D eigenvalue weighted by atomic mass is 10.2. The Kier molecular flexibility index (Phi) is 4.01. The summed E-state index contributed by atoms with van der Waals surface area (Å²) < 4.78 is 23.7. The van der Waals surface area contributed by atoms with E-state index in [2.05, 4.69) is 19.8 Å². The third-order valence-corrected chi connectivity index (χ3v) is 6.02. The molecule has 7 heteroatoms. The largest absolute Gasteiger partial charge is 0.356 e. The Hall–Kier alpha value is -1.37. The molecule has 1 unspecified atom stereocenters. The minimum Gasteiger partial charge on any atom is -0.356 e. The first-order valence-corrected chi connectivity index (χ1v) is 9.38. The van der Waals surface area contributed by atoms with Gasteiger partial charge in [0.25, 0.3) is 0 Å². The van der Waals surface area contributed by atoms with Gasteiger partial charge in [0, 0.05) is 32.2 Å². The summed E-state index contributed by atoms with van der Waals surface area (Å²) in [7, 11) is -2.93. The molecule has 0 bridgehead atoms. The van der Waals surface area contributed by atoms with Gasteiger partial charge in [-0.3, -0.25) is 0 Å². The first kappa shape index (κ1) is 14.6. The topological polar surface area (TPSA) is 66.4 Å². The second kappa shape index (κ2) is 5.79. The van der Waals surface area contributed by atoms with Crippen LogP contribution in [0.2, 0.25) is 0 Å². The van der Waals surface area contributed by atoms with Crippen molar-refractivity contribution >= 4 is 21.5 Å². The van der Waals surface area contributed by atoms with Crippen molar-refractivity contribution in [2.75, 3.05) is 47.5 Å². The number of sulfone groups is 1. The lowest BCUT2D eigenvalue weighted by molar-refractivity contribution is 0.581. The first-order chi connectivity index (χ1) is 10.0. The molecule has 1 aromatic heterocycles. The van der Waals surface area contributed by atoms with Crippen LogP contribution in [0.5, 0.6) is 0 Å². The van der Waals surface area contributed by atoms with E-state index in [-0.39, 0.29) is 17.4 Å². The zero-order chi connectivity index (χ0) is 14.9. The van der Waals surface area contributed by atoms with Crippen molar-refractivity contribution in [3.8, 4) is 0 Å². The molecule has 0 aliphatic carbocycles. The SMILES string of the molecule is CC1CN(c2cc(N3CCCC3)ncn2)CCS(=O)(=O)C1. The Morgan fingerprint density at radius 1 is 1.10 bits per heavy atom. The molecule has 3 heterocycles. The predicted molar refractivity (Wildman–Crippen MR) is 83.5 cm³/mol. The Bertz CT molecular complexity index is 599. The van der Waals surface area contributed by atoms with Crippen molar-refractivity contribution in [2.45, 2.75) is 19.8 Å². The molecule has 0 spiro atoms. The minimum absolute atomic E-state index is 0.128. The molecule has 0 aromatic carbocycles. The molecule has 2 fully saturated rings. The monoisotopic (exact) mass is 310 g/mol. The molecule has 1 aromatic rings. The van der Waals surface area contributed by atoms with E-state index in [1.165, 1.54) is 12.8 Å². The van der Waals surface area contributed by atoms with Crippen LogP contribution in [0.4, 0.5) is 11.6 Å². The number of hydrogen-bond donors (Lipinski definition) is 0. The molecular weight excluding hydrogens is 288 g/mol. The maximum Gasteiger partial charge on any atom is 0.152 e. The van der Waals surface area contributed by atoms with Crippen molar-refractivity contribution in [3.05, 3.63) is 12.4 Å². The third kappa shape index (κ3) is 3.45. The van der Waals surface area contributed by atoms with Gasteiger partial charge in [0.2, 0.25) is 0 Å². The zero-order valence-corrected chi connectivity index (χ0v) is 13.2. The molecular formula is C14H22N4O2S. The molecule has 6 nitrogen and oxygen atoms in total. The van der Waals surface area contributed by atoms with Crippen LogP contribution in [0.3, 0.4) is 0 Å². The quantitative estimate of drug-likeness (QED) is 0.810. The van der Waals surface area contributed by atoms with Crippen LogP contribution in [-0.2, 0) is 9.84 Å². The fourth-order valence-corrected chi connectivity index (χ4v) is 4.76. The highest BCUT2D eigenvalue weighted by Gasteiger charge is 2.25. The molecule has 0 amide bonds. The van der Waals surface area contributed by atoms with E-state index in [9.17, 15) is 8.42 Å². The van der Waals surface area contributed by atoms with E-state index in [1.807, 2.05) is 13.0 Å². The summed E-state index contributed by atoms with van der Waals surface area (Å²) in [5.41, 5.74) is 0. The Balaban J connectivity index is 1.81. The summed E-state index contributed by atoms with van der Waals surface area (Å²) in [6.07, 6.45) is 4.00. The Morgan fingerprint density at radius 2 is 1.76 bits per heavy atom. The van der Waals surface area contributed by atoms with E-state index in [4.69, 9.17) is 0 Å². The summed E-state index contributed by atoms with van der Waals surface area (Å²) in [5, 5.41) is 0. The van der Waals surface area contributed by atoms with Gasteiger partial charge in [-0.2, -0.15) is 0 Å². The second-order valence-corrected chi connectivity index (χ2v) is 8.32. The average Bonchev–Trinajstić information content (AvgIpc) is 2.92. The average molecular weight is 310 g/mol. The van der Waals surface area contributed by atoms with Gasteiger partial charge in [-0.25, -0.2) is 18.4 Å². The van der Waals surface area contributed by atoms with Gasteiger partial charge in [-0.15, -0.1) is 0 Å². The molecule has 2 aliphatic rings. The number of hydrogen-bond acceptors (Lipinski definition) is 6. The van der Waals surface area contributed by atoms with Gasteiger partial charge < -0.3 is 9.80 Å². The van der Waals surface area contributed by atoms with Crippen LogP contribution in [-0.4, -0.2) is 56.1 Å². The van der Waals surface area contributed by atoms with Crippen LogP contribution >= 0.6 is 0 Å². The lowest BCUT2D eigenvalue weighted by Gasteiger charge is -2.24. The van der Waals surface area contributed by atoms with Gasteiger partial charge in [0.05, 0.1) is 11.5 Å². The standard InChI is InChI=1S/C14H22N4O2S/c1-12-9-18(6-7-21(19,20)10-12)14-8-13(15-11-16-14)17-4-2-3-5-17/h8,11-12H,2-7,9-10H2,1H3. The Morgan fingerprint density at radius 3 is 2.48 bits per heavy atom. The van der Waals surface area contributed by atoms with Gasteiger partial charge in [-0.05, 0) is 18.8 Å². The highest BCUT2D eigenvalue weighted by molar-refractivity contribution is 7.91. The maximum atomic E-state index is 11.9. The molecule has 0 radical (unpaired) electrons. The molecule has 1 atom stereocenters. The number of nitrogens with zero attached hydrogens (tertiary/aromatic N) is 4. The van der Waals surface area contributed by atoms with E-state index < -0.39 is 9.84 Å². The van der Waals surface area contributed by atoms with Gasteiger partial charge in [-0.1, -0.05) is 6.92 Å². The number of rotatable bonds is 2. The molecule has 21 heavy (non-hydrogen) atoms. The first-order valence-electron chi connectivity index (χ1n) is 7.56. The van der Waals surface area contributed by atoms with Crippen LogP contribution in [0.1, 0.15) is 19.8 Å². The highest BCUT2D eigenvalue weighted by Crippen LogP contribution is 2.23. The summed E-state index contributed by atoms with van der Waals surface area (Å²) in [6.45, 7) is 5.32. The Labute approximate surface area is 126 Å². The molecule has 3 rings (SSSR count). The van der Waals surface area contributed by atoms with Crippen LogP contribution in [0.25, 0.3) is 0 Å². The summed E-state index contributed by atoms with van der Waals surface area (Å²) in [5.74, 6) is 2.41. The zero-order valence-electron chi connectivity index (χ0n) is 12.4. The molecule has 0 N–H and O–H groups in total. The number of aromatic nitrogens is 2. The second-order valence-electron chi connectivity index (χ2n) is 6.09. The van der Waals surface area contributed by atoms with Crippen molar-refractivity contribution < 1.29 is 8.42 Å². The fraction of sp³-hybridized carbons (Fsp3) is 0.714.